The minimum Gasteiger partial charge on any atom is -0.508 e. The van der Waals surface area contributed by atoms with Gasteiger partial charge >= 0.3 is 5.97 Å². The number of aromatic hydroxyl groups is 1. The molecule has 0 fully saturated rings. The van der Waals surface area contributed by atoms with Gasteiger partial charge in [0.1, 0.15) is 17.1 Å². The lowest BCUT2D eigenvalue weighted by Crippen LogP contribution is -2.34. The van der Waals surface area contributed by atoms with Gasteiger partial charge < -0.3 is 25.4 Å². The fourth-order valence-electron chi connectivity index (χ4n) is 3.33. The van der Waals surface area contributed by atoms with Crippen molar-refractivity contribution in [2.75, 3.05) is 5.32 Å². The number of hydrogen-bond donors (Lipinski definition) is 5. The smallest absolute Gasteiger partial charge is 0.336 e. The summed E-state index contributed by atoms with van der Waals surface area (Å²) in [5, 5.41) is 23.2. The Labute approximate surface area is 174 Å². The van der Waals surface area contributed by atoms with Crippen LogP contribution in [0.25, 0.3) is 33.4 Å². The Balaban J connectivity index is 2.06. The Morgan fingerprint density at radius 1 is 1.03 bits per heavy atom. The van der Waals surface area contributed by atoms with E-state index in [1.807, 2.05) is 0 Å². The second kappa shape index (κ2) is 7.47. The van der Waals surface area contributed by atoms with E-state index < -0.39 is 5.97 Å². The van der Waals surface area contributed by atoms with E-state index in [4.69, 9.17) is 22.5 Å². The Morgan fingerprint density at radius 2 is 1.80 bits per heavy atom. The molecule has 0 saturated heterocycles. The van der Waals surface area contributed by atoms with Gasteiger partial charge in [-0.15, -0.1) is 0 Å². The summed E-state index contributed by atoms with van der Waals surface area (Å²) in [7, 11) is 0. The highest BCUT2D eigenvalue weighted by Crippen LogP contribution is 2.42. The number of hydrazine groups is 1. The zero-order valence-corrected chi connectivity index (χ0v) is 16.1. The Kier molecular flexibility index (Phi) is 4.82. The Hall–Kier alpha value is -3.95. The van der Waals surface area contributed by atoms with Gasteiger partial charge in [-0.1, -0.05) is 6.07 Å². The summed E-state index contributed by atoms with van der Waals surface area (Å²) in [6.07, 6.45) is 0. The third-order valence-corrected chi connectivity index (χ3v) is 4.81. The maximum Gasteiger partial charge on any atom is 0.336 e. The van der Waals surface area contributed by atoms with Gasteiger partial charge in [0.15, 0.2) is 10.5 Å². The standard InChI is InChI=1S/C21H15N3O5S/c22-24-21(30)23-10-1-4-13(16(7-10)20(27)28)19-14-5-2-11(25)8-17(14)29-18-9-12(26)3-6-15(18)19/h1-9,25H,22H2,(H,27,28)(H2,23,24,30). The van der Waals surface area contributed by atoms with E-state index in [2.05, 4.69) is 10.7 Å². The SMILES string of the molecule is NNC(=S)Nc1ccc(-c2c3ccc(=O)cc-3oc3cc(O)ccc23)c(C(=O)O)c1. The molecule has 6 N–H and O–H groups in total. The van der Waals surface area contributed by atoms with Crippen molar-refractivity contribution < 1.29 is 19.4 Å². The average molecular weight is 421 g/mol. The third-order valence-electron chi connectivity index (χ3n) is 4.59. The highest BCUT2D eigenvalue weighted by atomic mass is 32.1. The first kappa shape index (κ1) is 19.4. The number of thiocarbonyl (C=S) groups is 1. The fraction of sp³-hybridized carbons (Fsp3) is 0. The van der Waals surface area contributed by atoms with E-state index in [0.29, 0.717) is 33.3 Å². The largest absolute Gasteiger partial charge is 0.508 e. The van der Waals surface area contributed by atoms with Crippen LogP contribution in [0.3, 0.4) is 0 Å². The molecule has 2 aromatic rings. The summed E-state index contributed by atoms with van der Waals surface area (Å²) in [6.45, 7) is 0. The van der Waals surface area contributed by atoms with E-state index in [9.17, 15) is 19.8 Å². The van der Waals surface area contributed by atoms with Gasteiger partial charge in [0.2, 0.25) is 0 Å². The number of carbonyl (C=O) groups is 1. The fourth-order valence-corrected chi connectivity index (χ4v) is 3.45. The van der Waals surface area contributed by atoms with Crippen molar-refractivity contribution in [2.45, 2.75) is 0 Å². The van der Waals surface area contributed by atoms with E-state index in [1.54, 1.807) is 24.3 Å². The van der Waals surface area contributed by atoms with Crippen LogP contribution in [0.15, 0.2) is 63.8 Å². The summed E-state index contributed by atoms with van der Waals surface area (Å²) in [5.41, 5.74) is 4.32. The van der Waals surface area contributed by atoms with Crippen molar-refractivity contribution in [3.05, 3.63) is 70.4 Å². The molecule has 0 spiro atoms. The number of anilines is 1. The number of aromatic carboxylic acids is 1. The van der Waals surface area contributed by atoms with E-state index >= 15 is 0 Å². The molecule has 0 amide bonds. The van der Waals surface area contributed by atoms with Gasteiger partial charge in [0, 0.05) is 34.3 Å². The van der Waals surface area contributed by atoms with Crippen LogP contribution in [0.2, 0.25) is 0 Å². The molecule has 150 valence electrons. The Morgan fingerprint density at radius 3 is 2.53 bits per heavy atom. The topological polar surface area (TPSA) is 138 Å². The second-order valence-electron chi connectivity index (χ2n) is 6.48. The zero-order chi connectivity index (χ0) is 21.4. The maximum atomic E-state index is 12.1. The van der Waals surface area contributed by atoms with Crippen LogP contribution in [0, 0.1) is 0 Å². The predicted octanol–water partition coefficient (Wildman–Crippen LogP) is 3.13. The lowest BCUT2D eigenvalue weighted by atomic mass is 9.90. The number of nitrogens with one attached hydrogen (secondary N) is 2. The Bertz CT molecular complexity index is 1350. The number of carboxylic acid groups (broad SMARTS) is 1. The van der Waals surface area contributed by atoms with Gasteiger partial charge in [-0.25, -0.2) is 10.6 Å². The number of carboxylic acids is 1. The van der Waals surface area contributed by atoms with E-state index in [0.717, 1.165) is 0 Å². The molecular formula is C21H15N3O5S. The predicted molar refractivity (Wildman–Crippen MR) is 117 cm³/mol. The monoisotopic (exact) mass is 421 g/mol. The first-order valence-electron chi connectivity index (χ1n) is 8.72. The summed E-state index contributed by atoms with van der Waals surface area (Å²) in [5.74, 6) is 4.37. The highest BCUT2D eigenvalue weighted by molar-refractivity contribution is 7.80. The number of rotatable bonds is 3. The molecule has 0 saturated carbocycles. The van der Waals surface area contributed by atoms with Crippen molar-refractivity contribution in [1.82, 2.24) is 5.43 Å². The molecule has 1 aliphatic heterocycles. The van der Waals surface area contributed by atoms with Gasteiger partial charge in [-0.05, 0) is 54.2 Å². The molecule has 0 unspecified atom stereocenters. The van der Waals surface area contributed by atoms with Crippen LogP contribution < -0.4 is 22.0 Å². The minimum absolute atomic E-state index is 0.00731. The van der Waals surface area contributed by atoms with Crippen LogP contribution in [0.4, 0.5) is 5.69 Å². The van der Waals surface area contributed by atoms with Gasteiger partial charge in [-0.3, -0.25) is 4.79 Å². The lowest BCUT2D eigenvalue weighted by Gasteiger charge is -2.17. The summed E-state index contributed by atoms with van der Waals surface area (Å²) in [6, 6.07) is 13.6. The van der Waals surface area contributed by atoms with Crippen LogP contribution in [0.1, 0.15) is 10.4 Å². The molecule has 0 aromatic heterocycles. The van der Waals surface area contributed by atoms with Crippen molar-refractivity contribution in [3.63, 3.8) is 0 Å². The number of phenolic OH excluding ortho intramolecular Hbond substituents is 1. The first-order chi connectivity index (χ1) is 14.4. The first-order valence-corrected chi connectivity index (χ1v) is 9.13. The van der Waals surface area contributed by atoms with E-state index in [1.165, 1.54) is 30.3 Å². The summed E-state index contributed by atoms with van der Waals surface area (Å²) >= 11 is 4.96. The van der Waals surface area contributed by atoms with Gasteiger partial charge in [0.05, 0.1) is 5.56 Å². The number of fused-ring (bicyclic) bond motifs is 2. The number of phenols is 1. The zero-order valence-electron chi connectivity index (χ0n) is 15.3. The normalized spacial score (nSPS) is 10.8. The van der Waals surface area contributed by atoms with E-state index in [-0.39, 0.29) is 27.6 Å². The lowest BCUT2D eigenvalue weighted by molar-refractivity contribution is 0.0698. The van der Waals surface area contributed by atoms with Gasteiger partial charge in [-0.2, -0.15) is 0 Å². The maximum absolute atomic E-state index is 12.1. The highest BCUT2D eigenvalue weighted by Gasteiger charge is 2.22. The van der Waals surface area contributed by atoms with Crippen LogP contribution in [0.5, 0.6) is 5.75 Å². The molecule has 4 rings (SSSR count). The molecule has 0 bridgehead atoms. The average Bonchev–Trinajstić information content (AvgIpc) is 2.71. The van der Waals surface area contributed by atoms with Crippen molar-refractivity contribution in [1.29, 1.82) is 0 Å². The molecule has 9 heteroatoms. The molecule has 2 aliphatic rings. The molecule has 30 heavy (non-hydrogen) atoms. The minimum atomic E-state index is -1.15. The molecule has 0 radical (unpaired) electrons. The molecular weight excluding hydrogens is 406 g/mol. The quantitative estimate of drug-likeness (QED) is 0.146. The molecule has 8 nitrogen and oxygen atoms in total. The van der Waals surface area contributed by atoms with Crippen LogP contribution in [-0.4, -0.2) is 21.3 Å². The molecule has 2 aromatic carbocycles. The van der Waals surface area contributed by atoms with Crippen molar-refractivity contribution in [2.24, 2.45) is 5.84 Å². The third kappa shape index (κ3) is 3.43. The van der Waals surface area contributed by atoms with Gasteiger partial charge in [0.25, 0.3) is 0 Å². The summed E-state index contributed by atoms with van der Waals surface area (Å²) in [4.78, 5) is 23.9. The summed E-state index contributed by atoms with van der Waals surface area (Å²) < 4.78 is 5.80. The molecule has 0 atom stereocenters. The van der Waals surface area contributed by atoms with Crippen molar-refractivity contribution >= 4 is 40.0 Å². The number of nitrogens with two attached hydrogens (primary N) is 1. The van der Waals surface area contributed by atoms with Crippen LogP contribution >= 0.6 is 12.2 Å². The second-order valence-corrected chi connectivity index (χ2v) is 6.89. The molecule has 1 heterocycles. The number of hydrogen-bond acceptors (Lipinski definition) is 6. The molecule has 1 aliphatic carbocycles. The number of benzene rings is 3. The van der Waals surface area contributed by atoms with Crippen molar-refractivity contribution in [3.8, 4) is 28.2 Å². The van der Waals surface area contributed by atoms with Crippen LogP contribution in [-0.2, 0) is 0 Å².